The van der Waals surface area contributed by atoms with Gasteiger partial charge in [0.25, 0.3) is 0 Å². The van der Waals surface area contributed by atoms with Crippen molar-refractivity contribution >= 4 is 0 Å². The van der Waals surface area contributed by atoms with Gasteiger partial charge in [-0.05, 0) is 38.5 Å². The molecule has 0 bridgehead atoms. The van der Waals surface area contributed by atoms with E-state index >= 15 is 0 Å². The third-order valence-corrected chi connectivity index (χ3v) is 4.84. The smallest absolute Gasteiger partial charge is 0.0794 e. The van der Waals surface area contributed by atoms with Crippen LogP contribution in [0.2, 0.25) is 0 Å². The summed E-state index contributed by atoms with van der Waals surface area (Å²) in [5, 5.41) is 10.4. The molecule has 1 heterocycles. The van der Waals surface area contributed by atoms with E-state index in [1.54, 1.807) is 0 Å². The number of rotatable bonds is 7. The Morgan fingerprint density at radius 2 is 1.89 bits per heavy atom. The highest BCUT2D eigenvalue weighted by Gasteiger charge is 2.39. The third kappa shape index (κ3) is 3.91. The molecule has 3 fully saturated rings. The SMILES string of the molecule is C[C@@H](C1CC1)N(C[C@@H](O)CN1CCOCC1)C1CC1. The molecular weight excluding hydrogens is 240 g/mol. The van der Waals surface area contributed by atoms with Crippen molar-refractivity contribution in [2.24, 2.45) is 5.92 Å². The van der Waals surface area contributed by atoms with E-state index in [2.05, 4.69) is 16.7 Å². The lowest BCUT2D eigenvalue weighted by molar-refractivity contribution is 0.00157. The van der Waals surface area contributed by atoms with Crippen molar-refractivity contribution in [2.45, 2.75) is 50.8 Å². The molecule has 1 saturated heterocycles. The molecule has 0 amide bonds. The number of morpholine rings is 1. The van der Waals surface area contributed by atoms with Gasteiger partial charge in [-0.25, -0.2) is 0 Å². The Bertz CT molecular complexity index is 286. The summed E-state index contributed by atoms with van der Waals surface area (Å²) in [6.45, 7) is 7.60. The average Bonchev–Trinajstić information content (AvgIpc) is 3.30. The standard InChI is InChI=1S/C15H28N2O2/c1-12(13-2-3-13)17(14-4-5-14)11-15(18)10-16-6-8-19-9-7-16/h12-15,18H,2-11H2,1H3/t12-,15-/m0/s1. The predicted octanol–water partition coefficient (Wildman–Crippen LogP) is 0.942. The second-order valence-electron chi connectivity index (χ2n) is 6.57. The molecule has 110 valence electrons. The first kappa shape index (κ1) is 13.8. The Hall–Kier alpha value is -0.160. The lowest BCUT2D eigenvalue weighted by Gasteiger charge is -2.34. The van der Waals surface area contributed by atoms with Gasteiger partial charge in [0.2, 0.25) is 0 Å². The molecule has 0 radical (unpaired) electrons. The fourth-order valence-electron chi connectivity index (χ4n) is 3.29. The predicted molar refractivity (Wildman–Crippen MR) is 75.2 cm³/mol. The largest absolute Gasteiger partial charge is 0.390 e. The molecule has 3 rings (SSSR count). The molecule has 4 nitrogen and oxygen atoms in total. The minimum atomic E-state index is -0.208. The van der Waals surface area contributed by atoms with Crippen LogP contribution in [0, 0.1) is 5.92 Å². The van der Waals surface area contributed by atoms with Gasteiger partial charge in [0.05, 0.1) is 19.3 Å². The third-order valence-electron chi connectivity index (χ3n) is 4.84. The van der Waals surface area contributed by atoms with Crippen LogP contribution in [0.1, 0.15) is 32.6 Å². The van der Waals surface area contributed by atoms with E-state index in [-0.39, 0.29) is 6.10 Å². The molecule has 0 aromatic heterocycles. The van der Waals surface area contributed by atoms with Crippen molar-refractivity contribution < 1.29 is 9.84 Å². The van der Waals surface area contributed by atoms with E-state index in [0.29, 0.717) is 6.04 Å². The Balaban J connectivity index is 1.46. The van der Waals surface area contributed by atoms with Gasteiger partial charge in [0, 0.05) is 38.3 Å². The lowest BCUT2D eigenvalue weighted by atomic mass is 10.1. The molecular formula is C15H28N2O2. The summed E-state index contributed by atoms with van der Waals surface area (Å²) in [7, 11) is 0. The van der Waals surface area contributed by atoms with Crippen molar-refractivity contribution in [1.29, 1.82) is 0 Å². The Morgan fingerprint density at radius 1 is 1.21 bits per heavy atom. The second-order valence-corrected chi connectivity index (χ2v) is 6.57. The van der Waals surface area contributed by atoms with Gasteiger partial charge < -0.3 is 9.84 Å². The maximum absolute atomic E-state index is 10.4. The van der Waals surface area contributed by atoms with Gasteiger partial charge in [-0.3, -0.25) is 9.80 Å². The monoisotopic (exact) mass is 268 g/mol. The summed E-state index contributed by atoms with van der Waals surface area (Å²) in [6.07, 6.45) is 5.25. The highest BCUT2D eigenvalue weighted by molar-refractivity contribution is 4.94. The number of aliphatic hydroxyl groups is 1. The molecule has 0 unspecified atom stereocenters. The Labute approximate surface area is 116 Å². The number of nitrogens with zero attached hydrogens (tertiary/aromatic N) is 2. The van der Waals surface area contributed by atoms with Gasteiger partial charge in [-0.2, -0.15) is 0 Å². The highest BCUT2D eigenvalue weighted by Crippen LogP contribution is 2.39. The van der Waals surface area contributed by atoms with E-state index in [9.17, 15) is 5.11 Å². The fraction of sp³-hybridized carbons (Fsp3) is 1.00. The Morgan fingerprint density at radius 3 is 2.47 bits per heavy atom. The quantitative estimate of drug-likeness (QED) is 0.745. The molecule has 2 atom stereocenters. The number of ether oxygens (including phenoxy) is 1. The van der Waals surface area contributed by atoms with Crippen molar-refractivity contribution in [3.8, 4) is 0 Å². The molecule has 19 heavy (non-hydrogen) atoms. The number of β-amino-alcohol motifs (C(OH)–C–C–N with tert-alkyl or cyclic N) is 1. The lowest BCUT2D eigenvalue weighted by Crippen LogP contribution is -2.47. The van der Waals surface area contributed by atoms with E-state index in [0.717, 1.165) is 51.4 Å². The van der Waals surface area contributed by atoms with Crippen molar-refractivity contribution in [3.05, 3.63) is 0 Å². The topological polar surface area (TPSA) is 35.9 Å². The van der Waals surface area contributed by atoms with Crippen molar-refractivity contribution in [2.75, 3.05) is 39.4 Å². The molecule has 2 saturated carbocycles. The number of hydrogen-bond donors (Lipinski definition) is 1. The molecule has 4 heteroatoms. The zero-order valence-corrected chi connectivity index (χ0v) is 12.1. The van der Waals surface area contributed by atoms with Crippen LogP contribution in [0.3, 0.4) is 0 Å². The minimum Gasteiger partial charge on any atom is -0.390 e. The maximum atomic E-state index is 10.4. The molecule has 3 aliphatic rings. The normalized spacial score (nSPS) is 28.6. The first-order valence-electron chi connectivity index (χ1n) is 7.98. The summed E-state index contributed by atoms with van der Waals surface area (Å²) >= 11 is 0. The molecule has 0 spiro atoms. The van der Waals surface area contributed by atoms with Gasteiger partial charge in [-0.15, -0.1) is 0 Å². The van der Waals surface area contributed by atoms with Crippen LogP contribution < -0.4 is 0 Å². The van der Waals surface area contributed by atoms with Crippen LogP contribution >= 0.6 is 0 Å². The van der Waals surface area contributed by atoms with Gasteiger partial charge in [0.1, 0.15) is 0 Å². The zero-order chi connectivity index (χ0) is 13.2. The van der Waals surface area contributed by atoms with Crippen molar-refractivity contribution in [1.82, 2.24) is 9.80 Å². The molecule has 2 aliphatic carbocycles. The number of hydrogen-bond acceptors (Lipinski definition) is 4. The summed E-state index contributed by atoms with van der Waals surface area (Å²) in [5.74, 6) is 0.899. The Kier molecular flexibility index (Phi) is 4.42. The van der Waals surface area contributed by atoms with Crippen LogP contribution in [-0.2, 0) is 4.74 Å². The highest BCUT2D eigenvalue weighted by atomic mass is 16.5. The van der Waals surface area contributed by atoms with E-state index in [4.69, 9.17) is 4.74 Å². The summed E-state index contributed by atoms with van der Waals surface area (Å²) < 4.78 is 5.35. The molecule has 0 aromatic carbocycles. The van der Waals surface area contributed by atoms with Crippen molar-refractivity contribution in [3.63, 3.8) is 0 Å². The molecule has 1 aliphatic heterocycles. The van der Waals surface area contributed by atoms with Gasteiger partial charge >= 0.3 is 0 Å². The molecule has 0 aromatic rings. The van der Waals surface area contributed by atoms with Crippen LogP contribution in [0.25, 0.3) is 0 Å². The van der Waals surface area contributed by atoms with Crippen LogP contribution in [0.5, 0.6) is 0 Å². The van der Waals surface area contributed by atoms with Gasteiger partial charge in [-0.1, -0.05) is 0 Å². The van der Waals surface area contributed by atoms with Crippen LogP contribution in [0.15, 0.2) is 0 Å². The zero-order valence-electron chi connectivity index (χ0n) is 12.1. The minimum absolute atomic E-state index is 0.208. The summed E-state index contributed by atoms with van der Waals surface area (Å²) in [5.41, 5.74) is 0. The molecule has 1 N–H and O–H groups in total. The van der Waals surface area contributed by atoms with Crippen LogP contribution in [0.4, 0.5) is 0 Å². The maximum Gasteiger partial charge on any atom is 0.0794 e. The van der Waals surface area contributed by atoms with E-state index in [1.165, 1.54) is 25.7 Å². The summed E-state index contributed by atoms with van der Waals surface area (Å²) in [4.78, 5) is 4.92. The second kappa shape index (κ2) is 6.08. The first-order valence-corrected chi connectivity index (χ1v) is 7.98. The van der Waals surface area contributed by atoms with E-state index < -0.39 is 0 Å². The fourth-order valence-corrected chi connectivity index (χ4v) is 3.29. The van der Waals surface area contributed by atoms with Gasteiger partial charge in [0.15, 0.2) is 0 Å². The number of aliphatic hydroxyl groups excluding tert-OH is 1. The summed E-state index contributed by atoms with van der Waals surface area (Å²) in [6, 6.07) is 1.43. The van der Waals surface area contributed by atoms with E-state index in [1.807, 2.05) is 0 Å². The average molecular weight is 268 g/mol. The first-order chi connectivity index (χ1) is 9.24. The van der Waals surface area contributed by atoms with Crippen LogP contribution in [-0.4, -0.2) is 72.5 Å².